The van der Waals surface area contributed by atoms with E-state index in [4.69, 9.17) is 5.73 Å². The smallest absolute Gasteiger partial charge is 0.241 e. The van der Waals surface area contributed by atoms with Gasteiger partial charge < -0.3 is 5.73 Å². The average molecular weight is 292 g/mol. The van der Waals surface area contributed by atoms with E-state index in [9.17, 15) is 8.42 Å². The molecular formula is C13H16N4O2S. The lowest BCUT2D eigenvalue weighted by Crippen LogP contribution is -2.24. The van der Waals surface area contributed by atoms with Crippen molar-refractivity contribution in [2.75, 3.05) is 5.73 Å². The van der Waals surface area contributed by atoms with E-state index >= 15 is 0 Å². The van der Waals surface area contributed by atoms with E-state index in [-0.39, 0.29) is 11.4 Å². The van der Waals surface area contributed by atoms with Crippen molar-refractivity contribution in [2.45, 2.75) is 25.3 Å². The molecule has 0 saturated carbocycles. The molecule has 2 rings (SSSR count). The number of nitrogens with zero attached hydrogens (tertiary/aromatic N) is 2. The number of hydrogen-bond acceptors (Lipinski definition) is 5. The van der Waals surface area contributed by atoms with Crippen LogP contribution in [0.3, 0.4) is 0 Å². The maximum Gasteiger partial charge on any atom is 0.241 e. The van der Waals surface area contributed by atoms with Crippen LogP contribution in [0.1, 0.15) is 17.0 Å². The van der Waals surface area contributed by atoms with Gasteiger partial charge >= 0.3 is 0 Å². The predicted molar refractivity (Wildman–Crippen MR) is 76.4 cm³/mol. The van der Waals surface area contributed by atoms with Crippen LogP contribution in [0.25, 0.3) is 0 Å². The third-order valence-corrected chi connectivity index (χ3v) is 4.33. The minimum Gasteiger partial charge on any atom is -0.399 e. The Morgan fingerprint density at radius 2 is 1.95 bits per heavy atom. The number of rotatable bonds is 4. The molecule has 0 aliphatic heterocycles. The van der Waals surface area contributed by atoms with Gasteiger partial charge in [-0.25, -0.2) is 13.1 Å². The van der Waals surface area contributed by atoms with E-state index in [1.54, 1.807) is 31.5 Å². The van der Waals surface area contributed by atoms with Crippen LogP contribution in [-0.2, 0) is 16.6 Å². The van der Waals surface area contributed by atoms with E-state index < -0.39 is 10.0 Å². The third-order valence-electron chi connectivity index (χ3n) is 2.77. The Morgan fingerprint density at radius 3 is 2.55 bits per heavy atom. The van der Waals surface area contributed by atoms with Crippen molar-refractivity contribution in [1.29, 1.82) is 0 Å². The van der Waals surface area contributed by atoms with Crippen LogP contribution in [-0.4, -0.2) is 18.4 Å². The monoisotopic (exact) mass is 292 g/mol. The van der Waals surface area contributed by atoms with Crippen LogP contribution < -0.4 is 10.5 Å². The zero-order valence-corrected chi connectivity index (χ0v) is 12.1. The maximum atomic E-state index is 12.2. The van der Waals surface area contributed by atoms with Gasteiger partial charge in [0, 0.05) is 11.9 Å². The molecule has 0 saturated heterocycles. The summed E-state index contributed by atoms with van der Waals surface area (Å²) >= 11 is 0. The van der Waals surface area contributed by atoms with Gasteiger partial charge in [0.15, 0.2) is 0 Å². The zero-order valence-electron chi connectivity index (χ0n) is 11.3. The number of hydrogen-bond donors (Lipinski definition) is 2. The Labute approximate surface area is 118 Å². The zero-order chi connectivity index (χ0) is 14.8. The van der Waals surface area contributed by atoms with Gasteiger partial charge in [-0.15, -0.1) is 0 Å². The quantitative estimate of drug-likeness (QED) is 0.824. The molecule has 0 radical (unpaired) electrons. The normalized spacial score (nSPS) is 11.5. The summed E-state index contributed by atoms with van der Waals surface area (Å²) in [7, 11) is -3.59. The number of sulfonamides is 1. The molecule has 3 N–H and O–H groups in total. The standard InChI is InChI=1S/C13H16N4O2S/c1-9-5-11(14)3-4-13(9)20(18,19)17-8-12-7-15-10(2)6-16-12/h3-7,17H,8,14H2,1-2H3. The van der Waals surface area contributed by atoms with Crippen LogP contribution in [0.5, 0.6) is 0 Å². The number of aromatic nitrogens is 2. The topological polar surface area (TPSA) is 98.0 Å². The molecule has 20 heavy (non-hydrogen) atoms. The molecule has 6 nitrogen and oxygen atoms in total. The molecule has 0 bridgehead atoms. The Morgan fingerprint density at radius 1 is 1.20 bits per heavy atom. The van der Waals surface area contributed by atoms with Crippen LogP contribution in [0.15, 0.2) is 35.5 Å². The lowest BCUT2D eigenvalue weighted by molar-refractivity contribution is 0.579. The minimum atomic E-state index is -3.59. The molecule has 0 spiro atoms. The van der Waals surface area contributed by atoms with Gasteiger partial charge in [-0.3, -0.25) is 9.97 Å². The first-order valence-electron chi connectivity index (χ1n) is 6.02. The van der Waals surface area contributed by atoms with Crippen LogP contribution >= 0.6 is 0 Å². The highest BCUT2D eigenvalue weighted by molar-refractivity contribution is 7.89. The van der Waals surface area contributed by atoms with E-state index in [0.29, 0.717) is 16.9 Å². The molecule has 0 amide bonds. The first-order chi connectivity index (χ1) is 9.38. The number of nitrogens with two attached hydrogens (primary N) is 1. The fraction of sp³-hybridized carbons (Fsp3) is 0.231. The summed E-state index contributed by atoms with van der Waals surface area (Å²) in [5.41, 5.74) is 8.10. The second kappa shape index (κ2) is 5.56. The summed E-state index contributed by atoms with van der Waals surface area (Å²) < 4.78 is 26.9. The van der Waals surface area contributed by atoms with Crippen LogP contribution in [0, 0.1) is 13.8 Å². The van der Waals surface area contributed by atoms with Crippen molar-refractivity contribution in [1.82, 2.24) is 14.7 Å². The molecule has 1 aromatic heterocycles. The number of benzene rings is 1. The van der Waals surface area contributed by atoms with E-state index in [1.807, 2.05) is 6.92 Å². The number of anilines is 1. The molecule has 0 fully saturated rings. The minimum absolute atomic E-state index is 0.0967. The molecule has 0 aliphatic rings. The van der Waals surface area contributed by atoms with E-state index in [0.717, 1.165) is 5.69 Å². The Balaban J connectivity index is 2.17. The fourth-order valence-electron chi connectivity index (χ4n) is 1.73. The Hall–Kier alpha value is -1.99. The molecule has 1 aromatic carbocycles. The first-order valence-corrected chi connectivity index (χ1v) is 7.50. The Bertz CT molecular complexity index is 712. The number of aryl methyl sites for hydroxylation is 2. The van der Waals surface area contributed by atoms with Gasteiger partial charge in [-0.1, -0.05) is 0 Å². The molecule has 2 aromatic rings. The van der Waals surface area contributed by atoms with Gasteiger partial charge in [-0.2, -0.15) is 0 Å². The fourth-order valence-corrected chi connectivity index (χ4v) is 2.95. The van der Waals surface area contributed by atoms with Gasteiger partial charge in [0.1, 0.15) is 0 Å². The highest BCUT2D eigenvalue weighted by Crippen LogP contribution is 2.17. The summed E-state index contributed by atoms with van der Waals surface area (Å²) in [5, 5.41) is 0. The molecule has 0 aliphatic carbocycles. The molecule has 0 atom stereocenters. The molecule has 1 heterocycles. The second-order valence-corrected chi connectivity index (χ2v) is 6.23. The van der Waals surface area contributed by atoms with Gasteiger partial charge in [0.25, 0.3) is 0 Å². The van der Waals surface area contributed by atoms with Crippen molar-refractivity contribution >= 4 is 15.7 Å². The average Bonchev–Trinajstić information content (AvgIpc) is 2.37. The molecule has 7 heteroatoms. The summed E-state index contributed by atoms with van der Waals surface area (Å²) in [6.45, 7) is 3.62. The van der Waals surface area contributed by atoms with Gasteiger partial charge in [0.05, 0.1) is 29.0 Å². The van der Waals surface area contributed by atoms with Crippen molar-refractivity contribution in [2.24, 2.45) is 0 Å². The molecular weight excluding hydrogens is 276 g/mol. The summed E-state index contributed by atoms with van der Waals surface area (Å²) in [6, 6.07) is 4.68. The predicted octanol–water partition coefficient (Wildman–Crippen LogP) is 1.15. The van der Waals surface area contributed by atoms with Crippen molar-refractivity contribution in [3.8, 4) is 0 Å². The van der Waals surface area contributed by atoms with Gasteiger partial charge in [0.2, 0.25) is 10.0 Å². The van der Waals surface area contributed by atoms with E-state index in [1.165, 1.54) is 6.07 Å². The summed E-state index contributed by atoms with van der Waals surface area (Å²) in [6.07, 6.45) is 3.14. The largest absolute Gasteiger partial charge is 0.399 e. The number of nitrogens with one attached hydrogen (secondary N) is 1. The lowest BCUT2D eigenvalue weighted by atomic mass is 10.2. The SMILES string of the molecule is Cc1cnc(CNS(=O)(=O)c2ccc(N)cc2C)cn1. The lowest BCUT2D eigenvalue weighted by Gasteiger charge is -2.09. The van der Waals surface area contributed by atoms with Crippen molar-refractivity contribution in [3.05, 3.63) is 47.5 Å². The van der Waals surface area contributed by atoms with E-state index in [2.05, 4.69) is 14.7 Å². The second-order valence-electron chi connectivity index (χ2n) is 4.50. The van der Waals surface area contributed by atoms with Crippen LogP contribution in [0.4, 0.5) is 5.69 Å². The highest BCUT2D eigenvalue weighted by Gasteiger charge is 2.16. The van der Waals surface area contributed by atoms with Gasteiger partial charge in [-0.05, 0) is 37.6 Å². The van der Waals surface area contributed by atoms with Crippen molar-refractivity contribution in [3.63, 3.8) is 0 Å². The first kappa shape index (κ1) is 14.4. The summed E-state index contributed by atoms with van der Waals surface area (Å²) in [4.78, 5) is 8.38. The maximum absolute atomic E-state index is 12.2. The summed E-state index contributed by atoms with van der Waals surface area (Å²) in [5.74, 6) is 0. The molecule has 106 valence electrons. The van der Waals surface area contributed by atoms with Crippen LogP contribution in [0.2, 0.25) is 0 Å². The third kappa shape index (κ3) is 3.31. The van der Waals surface area contributed by atoms with Crippen molar-refractivity contribution < 1.29 is 8.42 Å². The Kier molecular flexibility index (Phi) is 4.01. The number of nitrogen functional groups attached to an aromatic ring is 1. The molecule has 0 unspecified atom stereocenters. The highest BCUT2D eigenvalue weighted by atomic mass is 32.2.